The van der Waals surface area contributed by atoms with Gasteiger partial charge in [0.15, 0.2) is 5.11 Å². The maximum absolute atomic E-state index is 12.9. The second kappa shape index (κ2) is 7.41. The van der Waals surface area contributed by atoms with E-state index in [1.54, 1.807) is 12.1 Å². The van der Waals surface area contributed by atoms with Crippen molar-refractivity contribution in [3.8, 4) is 0 Å². The van der Waals surface area contributed by atoms with Gasteiger partial charge in [0.25, 0.3) is 0 Å². The van der Waals surface area contributed by atoms with Crippen LogP contribution in [0.1, 0.15) is 32.1 Å². The molecule has 124 valence electrons. The van der Waals surface area contributed by atoms with E-state index in [2.05, 4.69) is 22.1 Å². The Bertz CT molecular complexity index is 546. The molecule has 0 aliphatic carbocycles. The summed E-state index contributed by atoms with van der Waals surface area (Å²) in [5.41, 5.74) is 0.813. The molecule has 5 heteroatoms. The number of nitrogens with zero attached hydrogens (tertiary/aromatic N) is 1. The SMILES string of the molecule is C=CCN1[C@H]2CCC[C@H]1CC(NC(=S)Nc1ccc(F)cc1)C2. The Morgan fingerprint density at radius 2 is 1.91 bits per heavy atom. The summed E-state index contributed by atoms with van der Waals surface area (Å²) < 4.78 is 12.9. The summed E-state index contributed by atoms with van der Waals surface area (Å²) in [6, 6.07) is 7.94. The van der Waals surface area contributed by atoms with Crippen LogP contribution in [0.15, 0.2) is 36.9 Å². The lowest BCUT2D eigenvalue weighted by molar-refractivity contribution is 0.0389. The van der Waals surface area contributed by atoms with Crippen molar-refractivity contribution in [2.75, 3.05) is 11.9 Å². The molecule has 1 aromatic carbocycles. The van der Waals surface area contributed by atoms with Gasteiger partial charge < -0.3 is 10.6 Å². The third-order valence-electron chi connectivity index (χ3n) is 4.90. The molecule has 0 spiro atoms. The third kappa shape index (κ3) is 4.09. The second-order valence-electron chi connectivity index (χ2n) is 6.50. The molecular formula is C18H24FN3S. The summed E-state index contributed by atoms with van der Waals surface area (Å²) >= 11 is 5.42. The molecule has 2 saturated heterocycles. The third-order valence-corrected chi connectivity index (χ3v) is 5.12. The highest BCUT2D eigenvalue weighted by molar-refractivity contribution is 7.80. The minimum absolute atomic E-state index is 0.239. The molecule has 0 amide bonds. The standard InChI is InChI=1S/C18H24FN3S/c1-2-10-22-16-4-3-5-17(22)12-15(11-16)21-18(23)20-14-8-6-13(19)7-9-14/h2,6-9,15-17H,1,3-5,10-12H2,(H2,20,21,23)/t16-,17-/m0/s1. The van der Waals surface area contributed by atoms with E-state index in [9.17, 15) is 4.39 Å². The average molecular weight is 333 g/mol. The van der Waals surface area contributed by atoms with Crippen LogP contribution in [0, 0.1) is 5.82 Å². The average Bonchev–Trinajstić information content (AvgIpc) is 2.50. The van der Waals surface area contributed by atoms with Gasteiger partial charge in [-0.1, -0.05) is 12.5 Å². The van der Waals surface area contributed by atoms with Gasteiger partial charge in [0, 0.05) is 30.4 Å². The normalized spacial score (nSPS) is 27.3. The fourth-order valence-corrected chi connectivity index (χ4v) is 4.21. The van der Waals surface area contributed by atoms with E-state index in [0.717, 1.165) is 25.1 Å². The molecule has 3 rings (SSSR count). The van der Waals surface area contributed by atoms with Crippen LogP contribution in [0.3, 0.4) is 0 Å². The summed E-state index contributed by atoms with van der Waals surface area (Å²) in [6.45, 7) is 4.87. The van der Waals surface area contributed by atoms with Crippen molar-refractivity contribution >= 4 is 23.0 Å². The maximum Gasteiger partial charge on any atom is 0.170 e. The first-order chi connectivity index (χ1) is 11.2. The lowest BCUT2D eigenvalue weighted by Gasteiger charge is -2.48. The van der Waals surface area contributed by atoms with Crippen molar-refractivity contribution in [1.29, 1.82) is 0 Å². The lowest BCUT2D eigenvalue weighted by Crippen LogP contribution is -2.57. The Balaban J connectivity index is 1.55. The van der Waals surface area contributed by atoms with E-state index in [1.807, 2.05) is 6.08 Å². The molecule has 23 heavy (non-hydrogen) atoms. The molecule has 0 aromatic heterocycles. The zero-order valence-electron chi connectivity index (χ0n) is 13.3. The Morgan fingerprint density at radius 3 is 2.52 bits per heavy atom. The predicted octanol–water partition coefficient (Wildman–Crippen LogP) is 3.68. The van der Waals surface area contributed by atoms with E-state index in [1.165, 1.54) is 31.4 Å². The van der Waals surface area contributed by atoms with Gasteiger partial charge in [-0.25, -0.2) is 4.39 Å². The van der Waals surface area contributed by atoms with Crippen molar-refractivity contribution in [2.24, 2.45) is 0 Å². The largest absolute Gasteiger partial charge is 0.360 e. The quantitative estimate of drug-likeness (QED) is 0.649. The molecule has 2 aliphatic rings. The Labute approximate surface area is 142 Å². The van der Waals surface area contributed by atoms with Crippen molar-refractivity contribution in [3.63, 3.8) is 0 Å². The van der Waals surface area contributed by atoms with Gasteiger partial charge in [-0.05, 0) is 62.2 Å². The fourth-order valence-electron chi connectivity index (χ4n) is 3.93. The number of piperidine rings is 2. The van der Waals surface area contributed by atoms with E-state index >= 15 is 0 Å². The van der Waals surface area contributed by atoms with Crippen molar-refractivity contribution in [1.82, 2.24) is 10.2 Å². The maximum atomic E-state index is 12.9. The number of thiocarbonyl (C=S) groups is 1. The molecule has 2 fully saturated rings. The summed E-state index contributed by atoms with van der Waals surface area (Å²) in [5, 5.41) is 7.21. The van der Waals surface area contributed by atoms with Crippen LogP contribution >= 0.6 is 12.2 Å². The first-order valence-electron chi connectivity index (χ1n) is 8.35. The molecule has 2 bridgehead atoms. The van der Waals surface area contributed by atoms with E-state index in [0.29, 0.717) is 23.2 Å². The molecule has 0 saturated carbocycles. The number of benzene rings is 1. The van der Waals surface area contributed by atoms with Gasteiger partial charge in [0.1, 0.15) is 5.82 Å². The second-order valence-corrected chi connectivity index (χ2v) is 6.91. The minimum Gasteiger partial charge on any atom is -0.360 e. The van der Waals surface area contributed by atoms with Crippen molar-refractivity contribution in [3.05, 3.63) is 42.7 Å². The summed E-state index contributed by atoms with van der Waals surface area (Å²) in [5.74, 6) is -0.239. The van der Waals surface area contributed by atoms with Gasteiger partial charge in [0.05, 0.1) is 0 Å². The molecule has 2 aliphatic heterocycles. The highest BCUT2D eigenvalue weighted by Gasteiger charge is 2.37. The van der Waals surface area contributed by atoms with Gasteiger partial charge in [-0.3, -0.25) is 4.90 Å². The van der Waals surface area contributed by atoms with Crippen LogP contribution in [0.4, 0.5) is 10.1 Å². The summed E-state index contributed by atoms with van der Waals surface area (Å²) in [7, 11) is 0. The number of fused-ring (bicyclic) bond motifs is 2. The molecule has 3 nitrogen and oxygen atoms in total. The first-order valence-corrected chi connectivity index (χ1v) is 8.76. The summed E-state index contributed by atoms with van der Waals surface area (Å²) in [6.07, 6.45) is 8.11. The van der Waals surface area contributed by atoms with Gasteiger partial charge in [-0.15, -0.1) is 6.58 Å². The monoisotopic (exact) mass is 333 g/mol. The molecule has 2 heterocycles. The van der Waals surface area contributed by atoms with Crippen molar-refractivity contribution in [2.45, 2.75) is 50.2 Å². The van der Waals surface area contributed by atoms with Crippen LogP contribution in [-0.4, -0.2) is 34.7 Å². The van der Waals surface area contributed by atoms with Gasteiger partial charge in [-0.2, -0.15) is 0 Å². The molecule has 2 N–H and O–H groups in total. The number of anilines is 1. The lowest BCUT2D eigenvalue weighted by atomic mass is 9.82. The van der Waals surface area contributed by atoms with Crippen LogP contribution in [-0.2, 0) is 0 Å². The number of rotatable bonds is 4. The van der Waals surface area contributed by atoms with E-state index < -0.39 is 0 Å². The Kier molecular flexibility index (Phi) is 5.28. The highest BCUT2D eigenvalue weighted by atomic mass is 32.1. The topological polar surface area (TPSA) is 27.3 Å². The number of hydrogen-bond acceptors (Lipinski definition) is 2. The van der Waals surface area contributed by atoms with E-state index in [4.69, 9.17) is 12.2 Å². The summed E-state index contributed by atoms with van der Waals surface area (Å²) in [4.78, 5) is 2.60. The van der Waals surface area contributed by atoms with Gasteiger partial charge in [0.2, 0.25) is 0 Å². The van der Waals surface area contributed by atoms with Crippen LogP contribution in [0.25, 0.3) is 0 Å². The van der Waals surface area contributed by atoms with Crippen LogP contribution < -0.4 is 10.6 Å². The number of nitrogens with one attached hydrogen (secondary N) is 2. The highest BCUT2D eigenvalue weighted by Crippen LogP contribution is 2.33. The molecule has 0 radical (unpaired) electrons. The Morgan fingerprint density at radius 1 is 1.26 bits per heavy atom. The van der Waals surface area contributed by atoms with Crippen LogP contribution in [0.5, 0.6) is 0 Å². The fraction of sp³-hybridized carbons (Fsp3) is 0.500. The van der Waals surface area contributed by atoms with E-state index in [-0.39, 0.29) is 5.82 Å². The molecular weight excluding hydrogens is 309 g/mol. The van der Waals surface area contributed by atoms with Gasteiger partial charge >= 0.3 is 0 Å². The molecule has 2 atom stereocenters. The molecule has 0 unspecified atom stereocenters. The molecule has 1 aromatic rings. The predicted molar refractivity (Wildman–Crippen MR) is 97.1 cm³/mol. The zero-order chi connectivity index (χ0) is 16.2. The number of halogens is 1. The number of hydrogen-bond donors (Lipinski definition) is 2. The van der Waals surface area contributed by atoms with Crippen LogP contribution in [0.2, 0.25) is 0 Å². The Hall–Kier alpha value is -1.46. The minimum atomic E-state index is -0.239. The first kappa shape index (κ1) is 16.4. The smallest absolute Gasteiger partial charge is 0.170 e. The van der Waals surface area contributed by atoms with Crippen molar-refractivity contribution < 1.29 is 4.39 Å². The zero-order valence-corrected chi connectivity index (χ0v) is 14.1.